The Bertz CT molecular complexity index is 712. The quantitative estimate of drug-likeness (QED) is 0.844. The zero-order valence-corrected chi connectivity index (χ0v) is 13.4. The molecule has 20 heavy (non-hydrogen) atoms. The van der Waals surface area contributed by atoms with Gasteiger partial charge in [0.2, 0.25) is 10.0 Å². The minimum Gasteiger partial charge on any atom is -0.398 e. The number of thiophene rings is 1. The van der Waals surface area contributed by atoms with Crippen molar-refractivity contribution in [3.05, 3.63) is 45.1 Å². The van der Waals surface area contributed by atoms with E-state index in [1.807, 2.05) is 17.5 Å². The fraction of sp³-hybridized carbons (Fsp3) is 0.231. The van der Waals surface area contributed by atoms with Crippen LogP contribution in [0.3, 0.4) is 0 Å². The molecule has 1 atom stereocenters. The normalized spacial score (nSPS) is 13.3. The van der Waals surface area contributed by atoms with Crippen LogP contribution in [0, 0.1) is 6.92 Å². The van der Waals surface area contributed by atoms with Gasteiger partial charge in [-0.1, -0.05) is 17.7 Å². The third-order valence-corrected chi connectivity index (χ3v) is 5.97. The van der Waals surface area contributed by atoms with Crippen molar-refractivity contribution in [3.63, 3.8) is 0 Å². The summed E-state index contributed by atoms with van der Waals surface area (Å²) in [5.74, 6) is 0. The summed E-state index contributed by atoms with van der Waals surface area (Å²) in [6, 6.07) is 6.38. The van der Waals surface area contributed by atoms with E-state index in [-0.39, 0.29) is 16.0 Å². The van der Waals surface area contributed by atoms with E-state index in [1.165, 1.54) is 17.4 Å². The molecule has 1 heterocycles. The number of nitrogens with two attached hydrogens (primary N) is 1. The lowest BCUT2D eigenvalue weighted by molar-refractivity contribution is 0.568. The number of nitrogens with one attached hydrogen (secondary N) is 1. The average Bonchev–Trinajstić information content (AvgIpc) is 2.86. The minimum absolute atomic E-state index is 0.00525. The van der Waals surface area contributed by atoms with Gasteiger partial charge in [-0.05, 0) is 43.0 Å². The first kappa shape index (κ1) is 15.3. The monoisotopic (exact) mass is 330 g/mol. The van der Waals surface area contributed by atoms with Gasteiger partial charge in [0.15, 0.2) is 0 Å². The molecule has 0 spiro atoms. The van der Waals surface area contributed by atoms with E-state index in [4.69, 9.17) is 17.3 Å². The van der Waals surface area contributed by atoms with Gasteiger partial charge >= 0.3 is 0 Å². The zero-order valence-electron chi connectivity index (χ0n) is 11.1. The molecular formula is C13H15ClN2O2S2. The molecule has 0 fully saturated rings. The van der Waals surface area contributed by atoms with Crippen molar-refractivity contribution in [2.75, 3.05) is 5.73 Å². The van der Waals surface area contributed by atoms with Gasteiger partial charge in [0, 0.05) is 10.6 Å². The Kier molecular flexibility index (Phi) is 4.39. The van der Waals surface area contributed by atoms with Crippen molar-refractivity contribution >= 4 is 38.6 Å². The molecule has 4 nitrogen and oxygen atoms in total. The summed E-state index contributed by atoms with van der Waals surface area (Å²) >= 11 is 7.51. The van der Waals surface area contributed by atoms with Crippen LogP contribution < -0.4 is 10.5 Å². The topological polar surface area (TPSA) is 72.2 Å². The Morgan fingerprint density at radius 2 is 2.10 bits per heavy atom. The van der Waals surface area contributed by atoms with Gasteiger partial charge in [-0.15, -0.1) is 11.3 Å². The fourth-order valence-electron chi connectivity index (χ4n) is 1.77. The number of sulfonamides is 1. The molecule has 0 aliphatic carbocycles. The molecule has 0 saturated carbocycles. The molecule has 0 radical (unpaired) electrons. The van der Waals surface area contributed by atoms with Gasteiger partial charge < -0.3 is 5.73 Å². The van der Waals surface area contributed by atoms with Gasteiger partial charge in [-0.3, -0.25) is 0 Å². The lowest BCUT2D eigenvalue weighted by Crippen LogP contribution is -2.26. The second-order valence-electron chi connectivity index (χ2n) is 4.50. The van der Waals surface area contributed by atoms with Crippen molar-refractivity contribution in [3.8, 4) is 0 Å². The molecule has 1 aromatic carbocycles. The summed E-state index contributed by atoms with van der Waals surface area (Å²) in [5, 5.41) is 2.07. The van der Waals surface area contributed by atoms with E-state index in [9.17, 15) is 8.42 Å². The maximum Gasteiger partial charge on any atom is 0.242 e. The second kappa shape index (κ2) is 5.73. The molecule has 0 aliphatic heterocycles. The summed E-state index contributed by atoms with van der Waals surface area (Å²) in [5.41, 5.74) is 6.91. The Balaban J connectivity index is 2.34. The van der Waals surface area contributed by atoms with Gasteiger partial charge in [0.05, 0.1) is 11.1 Å². The van der Waals surface area contributed by atoms with E-state index in [1.54, 1.807) is 19.9 Å². The van der Waals surface area contributed by atoms with Gasteiger partial charge in [-0.2, -0.15) is 0 Å². The van der Waals surface area contributed by atoms with Crippen molar-refractivity contribution < 1.29 is 8.42 Å². The summed E-state index contributed by atoms with van der Waals surface area (Å²) < 4.78 is 27.4. The van der Waals surface area contributed by atoms with Crippen LogP contribution in [0.1, 0.15) is 23.4 Å². The Morgan fingerprint density at radius 1 is 1.40 bits per heavy atom. The third kappa shape index (κ3) is 3.15. The van der Waals surface area contributed by atoms with Crippen LogP contribution in [0.15, 0.2) is 34.5 Å². The van der Waals surface area contributed by atoms with Crippen LogP contribution in [-0.4, -0.2) is 8.42 Å². The number of rotatable bonds is 4. The molecule has 0 bridgehead atoms. The maximum atomic E-state index is 12.4. The summed E-state index contributed by atoms with van der Waals surface area (Å²) in [6.45, 7) is 3.56. The molecule has 1 aromatic heterocycles. The zero-order chi connectivity index (χ0) is 14.9. The lowest BCUT2D eigenvalue weighted by atomic mass is 10.2. The molecule has 0 aliphatic rings. The average molecular weight is 331 g/mol. The molecule has 0 saturated heterocycles. The first-order valence-corrected chi connectivity index (χ1v) is 8.66. The van der Waals surface area contributed by atoms with Crippen LogP contribution in [0.5, 0.6) is 0 Å². The first-order valence-electron chi connectivity index (χ1n) is 5.92. The van der Waals surface area contributed by atoms with Crippen molar-refractivity contribution in [1.82, 2.24) is 4.72 Å². The molecule has 1 unspecified atom stereocenters. The highest BCUT2D eigenvalue weighted by Crippen LogP contribution is 2.28. The summed E-state index contributed by atoms with van der Waals surface area (Å²) in [7, 11) is -3.71. The number of halogens is 1. The van der Waals surface area contributed by atoms with E-state index < -0.39 is 10.0 Å². The van der Waals surface area contributed by atoms with E-state index >= 15 is 0 Å². The molecule has 108 valence electrons. The summed E-state index contributed by atoms with van der Waals surface area (Å²) in [4.78, 5) is 0.940. The van der Waals surface area contributed by atoms with Crippen LogP contribution in [0.2, 0.25) is 5.02 Å². The van der Waals surface area contributed by atoms with E-state index in [0.29, 0.717) is 5.69 Å². The molecular weight excluding hydrogens is 316 g/mol. The van der Waals surface area contributed by atoms with Crippen LogP contribution in [0.4, 0.5) is 5.69 Å². The number of aryl methyl sites for hydroxylation is 1. The van der Waals surface area contributed by atoms with Gasteiger partial charge in [0.1, 0.15) is 4.90 Å². The number of hydrogen-bond acceptors (Lipinski definition) is 4. The van der Waals surface area contributed by atoms with Crippen LogP contribution in [-0.2, 0) is 10.0 Å². The third-order valence-electron chi connectivity index (χ3n) is 2.91. The van der Waals surface area contributed by atoms with Crippen LogP contribution >= 0.6 is 22.9 Å². The predicted octanol–water partition coefficient (Wildman–Crippen LogP) is 3.33. The van der Waals surface area contributed by atoms with Gasteiger partial charge in [-0.25, -0.2) is 13.1 Å². The van der Waals surface area contributed by atoms with Crippen molar-refractivity contribution in [2.24, 2.45) is 0 Å². The number of anilines is 1. The Hall–Kier alpha value is -1.08. The SMILES string of the molecule is Cc1cc(Cl)c(S(=O)(=O)NC(C)c2cccs2)cc1N. The fourth-order valence-corrected chi connectivity index (χ4v) is 4.42. The smallest absolute Gasteiger partial charge is 0.242 e. The number of nitrogen functional groups attached to an aromatic ring is 1. The molecule has 7 heteroatoms. The van der Waals surface area contributed by atoms with E-state index in [0.717, 1.165) is 10.4 Å². The second-order valence-corrected chi connectivity index (χ2v) is 7.57. The predicted molar refractivity (Wildman–Crippen MR) is 83.7 cm³/mol. The number of benzene rings is 1. The molecule has 0 amide bonds. The highest BCUT2D eigenvalue weighted by Gasteiger charge is 2.22. The number of hydrogen-bond donors (Lipinski definition) is 2. The van der Waals surface area contributed by atoms with E-state index in [2.05, 4.69) is 4.72 Å². The standard InChI is InChI=1S/C13H15ClN2O2S2/c1-8-6-10(14)13(7-11(8)15)20(17,18)16-9(2)12-4-3-5-19-12/h3-7,9,16H,15H2,1-2H3. The van der Waals surface area contributed by atoms with Crippen molar-refractivity contribution in [2.45, 2.75) is 24.8 Å². The molecule has 2 aromatic rings. The molecule has 2 rings (SSSR count). The first-order chi connectivity index (χ1) is 9.31. The van der Waals surface area contributed by atoms with Crippen LogP contribution in [0.25, 0.3) is 0 Å². The molecule has 3 N–H and O–H groups in total. The Morgan fingerprint density at radius 3 is 2.70 bits per heavy atom. The van der Waals surface area contributed by atoms with Crippen molar-refractivity contribution in [1.29, 1.82) is 0 Å². The minimum atomic E-state index is -3.71. The highest BCUT2D eigenvalue weighted by atomic mass is 35.5. The highest BCUT2D eigenvalue weighted by molar-refractivity contribution is 7.89. The Labute approximate surface area is 127 Å². The largest absolute Gasteiger partial charge is 0.398 e. The van der Waals surface area contributed by atoms with Gasteiger partial charge in [0.25, 0.3) is 0 Å². The lowest BCUT2D eigenvalue weighted by Gasteiger charge is -2.14. The maximum absolute atomic E-state index is 12.4. The summed E-state index contributed by atoms with van der Waals surface area (Å²) in [6.07, 6.45) is 0.